The van der Waals surface area contributed by atoms with Gasteiger partial charge in [0.2, 0.25) is 11.6 Å². The monoisotopic (exact) mass is 277 g/mol. The number of ether oxygens (including phenoxy) is 1. The van der Waals surface area contributed by atoms with E-state index in [1.54, 1.807) is 0 Å². The summed E-state index contributed by atoms with van der Waals surface area (Å²) in [7, 11) is 4.15. The number of anilines is 1. The highest BCUT2D eigenvalue weighted by molar-refractivity contribution is 5.97. The fraction of sp³-hybridized carbons (Fsp3) is 0.167. The molecule has 0 unspecified atom stereocenters. The number of hydrogen-bond donors (Lipinski definition) is 0. The Labute approximate surface area is 124 Å². The van der Waals surface area contributed by atoms with Gasteiger partial charge in [-0.25, -0.2) is 0 Å². The van der Waals surface area contributed by atoms with E-state index < -0.39 is 0 Å². The quantitative estimate of drug-likeness (QED) is 0.743. The number of para-hydroxylation sites is 3. The number of benzene rings is 2. The highest BCUT2D eigenvalue weighted by Gasteiger charge is 2.29. The molecule has 0 saturated heterocycles. The second-order valence-corrected chi connectivity index (χ2v) is 5.47. The van der Waals surface area contributed by atoms with Crippen molar-refractivity contribution >= 4 is 17.1 Å². The van der Waals surface area contributed by atoms with Crippen LogP contribution in [0, 0.1) is 0 Å². The van der Waals surface area contributed by atoms with Crippen LogP contribution in [0.5, 0.6) is 5.75 Å². The molecule has 0 N–H and O–H groups in total. The maximum Gasteiger partial charge on any atom is 0.208 e. The van der Waals surface area contributed by atoms with Crippen LogP contribution in [-0.2, 0) is 6.42 Å². The molecule has 2 aromatic carbocycles. The van der Waals surface area contributed by atoms with E-state index in [-0.39, 0.29) is 0 Å². The van der Waals surface area contributed by atoms with Crippen molar-refractivity contribution in [2.24, 2.45) is 0 Å². The lowest BCUT2D eigenvalue weighted by atomic mass is 10.1. The molecule has 0 atom stereocenters. The first-order valence-corrected chi connectivity index (χ1v) is 7.14. The third-order valence-electron chi connectivity index (χ3n) is 4.22. The van der Waals surface area contributed by atoms with Crippen molar-refractivity contribution < 1.29 is 9.31 Å². The minimum atomic E-state index is 0.880. The molecule has 104 valence electrons. The minimum Gasteiger partial charge on any atom is -0.438 e. The average molecular weight is 277 g/mol. The van der Waals surface area contributed by atoms with E-state index in [2.05, 4.69) is 52.9 Å². The average Bonchev–Trinajstić information content (AvgIpc) is 2.99. The molecule has 0 fully saturated rings. The van der Waals surface area contributed by atoms with Gasteiger partial charge in [-0.15, -0.1) is 0 Å². The van der Waals surface area contributed by atoms with Crippen LogP contribution >= 0.6 is 0 Å². The molecule has 2 aliphatic rings. The first-order valence-electron chi connectivity index (χ1n) is 7.14. The largest absolute Gasteiger partial charge is 0.438 e. The smallest absolute Gasteiger partial charge is 0.208 e. The van der Waals surface area contributed by atoms with Crippen LogP contribution in [0.1, 0.15) is 5.56 Å². The summed E-state index contributed by atoms with van der Waals surface area (Å²) < 4.78 is 8.21. The lowest BCUT2D eigenvalue weighted by Gasteiger charge is -2.10. The van der Waals surface area contributed by atoms with Gasteiger partial charge in [0.15, 0.2) is 11.5 Å². The molecule has 0 aromatic heterocycles. The number of rotatable bonds is 1. The third-order valence-corrected chi connectivity index (χ3v) is 4.22. The second-order valence-electron chi connectivity index (χ2n) is 5.47. The topological polar surface area (TPSA) is 15.5 Å². The van der Waals surface area contributed by atoms with Crippen LogP contribution < -0.4 is 9.64 Å². The van der Waals surface area contributed by atoms with Crippen molar-refractivity contribution in [2.75, 3.05) is 19.0 Å². The lowest BCUT2D eigenvalue weighted by molar-refractivity contribution is -0.400. The Morgan fingerprint density at radius 3 is 2.67 bits per heavy atom. The molecular formula is C18H17N2O+. The number of allylic oxidation sites excluding steroid dienone is 1. The summed E-state index contributed by atoms with van der Waals surface area (Å²) in [5.74, 6) is 1.80. The molecule has 0 spiro atoms. The highest BCUT2D eigenvalue weighted by atomic mass is 16.5. The van der Waals surface area contributed by atoms with Gasteiger partial charge in [-0.3, -0.25) is 0 Å². The molecule has 0 saturated carbocycles. The maximum atomic E-state index is 5.97. The molecule has 0 radical (unpaired) electrons. The van der Waals surface area contributed by atoms with Crippen molar-refractivity contribution in [2.45, 2.75) is 6.42 Å². The molecule has 0 amide bonds. The van der Waals surface area contributed by atoms with E-state index in [4.69, 9.17) is 4.74 Å². The predicted molar refractivity (Wildman–Crippen MR) is 84.6 cm³/mol. The Morgan fingerprint density at radius 2 is 1.86 bits per heavy atom. The van der Waals surface area contributed by atoms with Gasteiger partial charge >= 0.3 is 0 Å². The Balaban J connectivity index is 1.71. The Morgan fingerprint density at radius 1 is 1.10 bits per heavy atom. The summed E-state index contributed by atoms with van der Waals surface area (Å²) in [4.78, 5) is 2.10. The normalized spacial score (nSPS) is 18.0. The van der Waals surface area contributed by atoms with Crippen LogP contribution in [0.15, 0.2) is 60.5 Å². The van der Waals surface area contributed by atoms with E-state index in [0.717, 1.165) is 23.7 Å². The standard InChI is InChI=1S/C18H17N2O/c1-19-14(11-13-7-3-4-8-15(13)19)12-18-20(2)16-9-5-6-10-17(16)21-18/h3-10,12H,11H2,1-2H3/q+1. The predicted octanol–water partition coefficient (Wildman–Crippen LogP) is 3.33. The van der Waals surface area contributed by atoms with Crippen LogP contribution in [0.3, 0.4) is 0 Å². The Hall–Kier alpha value is -2.55. The summed E-state index contributed by atoms with van der Waals surface area (Å²) >= 11 is 0. The van der Waals surface area contributed by atoms with Gasteiger partial charge in [-0.05, 0) is 12.1 Å². The molecule has 3 heteroatoms. The number of fused-ring (bicyclic) bond motifs is 2. The second kappa shape index (κ2) is 4.48. The van der Waals surface area contributed by atoms with Crippen molar-refractivity contribution in [3.8, 4) is 5.75 Å². The summed E-state index contributed by atoms with van der Waals surface area (Å²) in [6, 6.07) is 16.6. The first kappa shape index (κ1) is 12.2. The minimum absolute atomic E-state index is 0.880. The van der Waals surface area contributed by atoms with Gasteiger partial charge in [-0.2, -0.15) is 4.58 Å². The van der Waals surface area contributed by atoms with Crippen molar-refractivity contribution in [1.29, 1.82) is 0 Å². The Bertz CT molecular complexity index is 789. The van der Waals surface area contributed by atoms with Gasteiger partial charge in [0.25, 0.3) is 0 Å². The zero-order chi connectivity index (χ0) is 14.4. The molecular weight excluding hydrogens is 260 g/mol. The fourth-order valence-corrected chi connectivity index (χ4v) is 2.99. The number of nitrogens with zero attached hydrogens (tertiary/aromatic N) is 2. The Kier molecular flexibility index (Phi) is 2.61. The first-order chi connectivity index (χ1) is 10.2. The fourth-order valence-electron chi connectivity index (χ4n) is 2.99. The van der Waals surface area contributed by atoms with E-state index in [1.165, 1.54) is 17.0 Å². The maximum absolute atomic E-state index is 5.97. The van der Waals surface area contributed by atoms with Gasteiger partial charge in [-0.1, -0.05) is 30.3 Å². The van der Waals surface area contributed by atoms with Gasteiger partial charge in [0.1, 0.15) is 7.05 Å². The molecule has 3 nitrogen and oxygen atoms in total. The molecule has 2 heterocycles. The molecule has 2 aliphatic heterocycles. The summed E-state index contributed by atoms with van der Waals surface area (Å²) in [6.07, 6.45) is 3.09. The summed E-state index contributed by atoms with van der Waals surface area (Å²) in [6.45, 7) is 0. The summed E-state index contributed by atoms with van der Waals surface area (Å²) in [5, 5.41) is 0. The zero-order valence-corrected chi connectivity index (χ0v) is 12.2. The van der Waals surface area contributed by atoms with Crippen molar-refractivity contribution in [3.63, 3.8) is 0 Å². The molecule has 21 heavy (non-hydrogen) atoms. The van der Waals surface area contributed by atoms with Crippen LogP contribution in [0.2, 0.25) is 0 Å². The van der Waals surface area contributed by atoms with Gasteiger partial charge < -0.3 is 9.64 Å². The van der Waals surface area contributed by atoms with E-state index >= 15 is 0 Å². The van der Waals surface area contributed by atoms with E-state index in [0.29, 0.717) is 0 Å². The van der Waals surface area contributed by atoms with E-state index in [1.807, 2.05) is 25.2 Å². The summed E-state index contributed by atoms with van der Waals surface area (Å²) in [5.41, 5.74) is 5.01. The highest BCUT2D eigenvalue weighted by Crippen LogP contribution is 2.37. The van der Waals surface area contributed by atoms with Gasteiger partial charge in [0.05, 0.1) is 18.2 Å². The van der Waals surface area contributed by atoms with Crippen molar-refractivity contribution in [1.82, 2.24) is 0 Å². The third kappa shape index (κ3) is 1.85. The molecule has 2 aromatic rings. The zero-order valence-electron chi connectivity index (χ0n) is 12.2. The van der Waals surface area contributed by atoms with Crippen molar-refractivity contribution in [3.05, 3.63) is 66.1 Å². The van der Waals surface area contributed by atoms with Gasteiger partial charge in [0, 0.05) is 18.7 Å². The van der Waals surface area contributed by atoms with Crippen LogP contribution in [0.25, 0.3) is 0 Å². The SMILES string of the molecule is CN1/C(=C/C2=[N+](C)c3ccccc3C2)Oc2ccccc21. The molecule has 4 rings (SSSR count). The molecule has 0 aliphatic carbocycles. The van der Waals surface area contributed by atoms with Crippen LogP contribution in [0.4, 0.5) is 11.4 Å². The lowest BCUT2D eigenvalue weighted by Crippen LogP contribution is -2.17. The van der Waals surface area contributed by atoms with Crippen LogP contribution in [-0.4, -0.2) is 24.4 Å². The van der Waals surface area contributed by atoms with E-state index in [9.17, 15) is 0 Å². The number of hydrogen-bond acceptors (Lipinski definition) is 2. The molecule has 0 bridgehead atoms.